The van der Waals surface area contributed by atoms with E-state index in [0.29, 0.717) is 12.0 Å². The van der Waals surface area contributed by atoms with Gasteiger partial charge in [0.2, 0.25) is 53.2 Å². The highest BCUT2D eigenvalue weighted by molar-refractivity contribution is 7.80. The van der Waals surface area contributed by atoms with E-state index >= 15 is 0 Å². The number of nitrogens with two attached hydrogens (primary N) is 5. The van der Waals surface area contributed by atoms with E-state index < -0.39 is 113 Å². The van der Waals surface area contributed by atoms with Gasteiger partial charge in [-0.2, -0.15) is 25.3 Å². The van der Waals surface area contributed by atoms with Gasteiger partial charge in [0.1, 0.15) is 54.1 Å². The molecule has 0 aliphatic carbocycles. The number of phenolic OH excluding ortho intramolecular Hbond substituents is 1. The zero-order valence-electron chi connectivity index (χ0n) is 42.7. The van der Waals surface area contributed by atoms with Gasteiger partial charge in [0.15, 0.2) is 11.9 Å². The van der Waals surface area contributed by atoms with Crippen LogP contribution in [0.15, 0.2) is 34.3 Å². The van der Waals surface area contributed by atoms with E-state index in [0.717, 1.165) is 0 Å². The number of benzene rings is 1. The summed E-state index contributed by atoms with van der Waals surface area (Å²) in [6, 6.07) is -4.01. The highest BCUT2D eigenvalue weighted by Gasteiger charge is 2.36. The molecule has 9 atom stereocenters. The van der Waals surface area contributed by atoms with Gasteiger partial charge in [0.25, 0.3) is 0 Å². The molecule has 0 unspecified atom stereocenters. The van der Waals surface area contributed by atoms with Crippen LogP contribution in [0.4, 0.5) is 0 Å². The lowest BCUT2D eigenvalue weighted by Gasteiger charge is -2.31. The maximum absolute atomic E-state index is 14.2. The van der Waals surface area contributed by atoms with Crippen molar-refractivity contribution in [3.8, 4) is 5.75 Å². The van der Waals surface area contributed by atoms with Crippen LogP contribution in [0.3, 0.4) is 0 Å². The Kier molecular flexibility index (Phi) is 29.4. The van der Waals surface area contributed by atoms with Gasteiger partial charge in [0.05, 0.1) is 0 Å². The number of phenols is 1. The van der Waals surface area contributed by atoms with Crippen molar-refractivity contribution >= 4 is 90.3 Å². The molecular formula is C46H79N15O10S2. The fourth-order valence-corrected chi connectivity index (χ4v) is 7.57. The largest absolute Gasteiger partial charge is 0.508 e. The Labute approximate surface area is 437 Å². The first-order chi connectivity index (χ1) is 34.2. The number of aliphatic imine (C=N–C) groups is 2. The van der Waals surface area contributed by atoms with Crippen molar-refractivity contribution in [2.75, 3.05) is 24.6 Å². The number of carbonyl (C=O) groups excluding carboxylic acids is 9. The number of guanidine groups is 2. The molecular weight excluding hydrogens is 987 g/mol. The van der Waals surface area contributed by atoms with Gasteiger partial charge < -0.3 is 76.3 Å². The zero-order chi connectivity index (χ0) is 55.5. The molecule has 1 aromatic rings. The lowest BCUT2D eigenvalue weighted by atomic mass is 9.95. The van der Waals surface area contributed by atoms with Crippen molar-refractivity contribution in [1.82, 2.24) is 42.5 Å². The van der Waals surface area contributed by atoms with Gasteiger partial charge in [-0.15, -0.1) is 0 Å². The summed E-state index contributed by atoms with van der Waals surface area (Å²) in [6.07, 6.45) is 0.796. The van der Waals surface area contributed by atoms with Crippen molar-refractivity contribution in [3.63, 3.8) is 0 Å². The lowest BCUT2D eigenvalue weighted by Crippen LogP contribution is -2.62. The summed E-state index contributed by atoms with van der Waals surface area (Å²) < 4.78 is 0. The highest BCUT2D eigenvalue weighted by Crippen LogP contribution is 2.15. The average molecular weight is 1070 g/mol. The second kappa shape index (κ2) is 33.3. The maximum atomic E-state index is 14.2. The molecule has 0 aromatic heterocycles. The Morgan fingerprint density at radius 3 is 1.37 bits per heavy atom. The number of aromatic hydroxyl groups is 1. The van der Waals surface area contributed by atoms with Crippen molar-refractivity contribution in [2.45, 2.75) is 142 Å². The first kappa shape index (κ1) is 64.5. The Hall–Kier alpha value is -6.51. The summed E-state index contributed by atoms with van der Waals surface area (Å²) in [7, 11) is 0. The monoisotopic (exact) mass is 1070 g/mol. The number of amides is 9. The molecule has 1 aromatic carbocycles. The number of hydrogen-bond acceptors (Lipinski definition) is 14. The molecule has 73 heavy (non-hydrogen) atoms. The molecule has 27 heteroatoms. The van der Waals surface area contributed by atoms with Crippen molar-refractivity contribution in [3.05, 3.63) is 29.8 Å². The van der Waals surface area contributed by atoms with Crippen LogP contribution >= 0.6 is 25.3 Å². The first-order valence-corrected chi connectivity index (χ1v) is 25.3. The van der Waals surface area contributed by atoms with Crippen LogP contribution in [0, 0.1) is 17.8 Å². The summed E-state index contributed by atoms with van der Waals surface area (Å²) in [5.41, 5.74) is 28.1. The molecule has 9 amide bonds. The normalized spacial score (nSPS) is 14.7. The minimum absolute atomic E-state index is 0.0152. The van der Waals surface area contributed by atoms with Gasteiger partial charge in [-0.05, 0) is 67.6 Å². The number of nitrogens with zero attached hydrogens (tertiary/aromatic N) is 2. The number of primary amides is 1. The van der Waals surface area contributed by atoms with Gasteiger partial charge in [-0.3, -0.25) is 53.1 Å². The number of carbonyl (C=O) groups is 9. The predicted octanol–water partition coefficient (Wildman–Crippen LogP) is -2.97. The van der Waals surface area contributed by atoms with Gasteiger partial charge in [-0.1, -0.05) is 60.1 Å². The van der Waals surface area contributed by atoms with Crippen LogP contribution in [0.25, 0.3) is 0 Å². The topological polar surface area (TPSA) is 425 Å². The Balaban J connectivity index is 3.45. The molecule has 1 rings (SSSR count). The van der Waals surface area contributed by atoms with Crippen LogP contribution < -0.4 is 71.2 Å². The van der Waals surface area contributed by atoms with Crippen LogP contribution in [-0.2, 0) is 49.6 Å². The predicted molar refractivity (Wildman–Crippen MR) is 283 cm³/mol. The van der Waals surface area contributed by atoms with Crippen molar-refractivity contribution in [2.24, 2.45) is 56.4 Å². The van der Waals surface area contributed by atoms with Crippen LogP contribution in [-0.4, -0.2) is 143 Å². The minimum Gasteiger partial charge on any atom is -0.508 e. The molecule has 0 aliphatic heterocycles. The van der Waals surface area contributed by atoms with E-state index in [4.69, 9.17) is 28.7 Å². The quantitative estimate of drug-likeness (QED) is 0.0145. The highest BCUT2D eigenvalue weighted by atomic mass is 32.1. The molecule has 0 spiro atoms. The number of nitrogens with one attached hydrogen (secondary N) is 8. The van der Waals surface area contributed by atoms with Crippen molar-refractivity contribution in [1.29, 1.82) is 0 Å². The minimum atomic E-state index is -1.40. The summed E-state index contributed by atoms with van der Waals surface area (Å²) in [5, 5.41) is 30.7. The van der Waals surface area contributed by atoms with Gasteiger partial charge >= 0.3 is 0 Å². The number of hydrogen-bond donors (Lipinski definition) is 16. The lowest BCUT2D eigenvalue weighted by molar-refractivity contribution is -0.137. The Bertz CT molecular complexity index is 2070. The Morgan fingerprint density at radius 1 is 0.548 bits per heavy atom. The van der Waals surface area contributed by atoms with Crippen LogP contribution in [0.1, 0.15) is 92.6 Å². The van der Waals surface area contributed by atoms with E-state index in [1.54, 1.807) is 39.8 Å². The second-order valence-corrected chi connectivity index (χ2v) is 19.1. The third-order valence-electron chi connectivity index (χ3n) is 11.3. The van der Waals surface area contributed by atoms with Gasteiger partial charge in [-0.25, -0.2) is 0 Å². The van der Waals surface area contributed by atoms with Crippen molar-refractivity contribution < 1.29 is 48.3 Å². The fourth-order valence-electron chi connectivity index (χ4n) is 7.06. The second-order valence-electron chi connectivity index (χ2n) is 18.3. The maximum Gasteiger partial charge on any atom is 0.244 e. The molecule has 0 fully saturated rings. The fraction of sp³-hybridized carbons (Fsp3) is 0.630. The molecule has 0 heterocycles. The number of thiol groups is 2. The molecule has 0 radical (unpaired) electrons. The van der Waals surface area contributed by atoms with E-state index in [1.807, 2.05) is 13.8 Å². The SMILES string of the molecule is CC[C@H](C)[C@H](NC(=O)[C@H](CC(C)C)NC(=O)[C@@H](CS)NC(C)=O)C(=O)N[C@H](C(=O)N[C@@H](CCCN=C(N)N)C(=O)N[C@@H](CS)C(=O)N[C@@H](CCCN=C(N)N)C(=O)N[C@@H](Cc1ccc(O)cc1)C(N)=O)C(C)C. The zero-order valence-corrected chi connectivity index (χ0v) is 44.5. The van der Waals surface area contributed by atoms with Crippen LogP contribution in [0.2, 0.25) is 0 Å². The average Bonchev–Trinajstić information content (AvgIpc) is 3.31. The summed E-state index contributed by atoms with van der Waals surface area (Å²) in [5.74, 6) is -8.59. The smallest absolute Gasteiger partial charge is 0.244 e. The molecule has 0 saturated carbocycles. The molecule has 410 valence electrons. The molecule has 19 N–H and O–H groups in total. The number of rotatable bonds is 33. The third-order valence-corrected chi connectivity index (χ3v) is 12.0. The standard InChI is InChI=1S/C46H79N15O10S2/c1-8-25(6)36(61-40(67)32(19-23(2)3)58-41(68)33(21-72)54-26(7)62)44(71)60-35(24(4)5)43(70)56-30(12-10-18-53-46(50)51)39(66)59-34(22-73)42(69)55-29(11-9-17-52-45(48)49)38(65)57-31(37(47)64)20-27-13-15-28(63)16-14-27/h13-16,23-25,29-36,63,72-73H,8-12,17-22H2,1-7H3,(H2,47,64)(H,54,62)(H,55,69)(H,56,70)(H,57,65)(H,58,68)(H,59,66)(H,60,71)(H,61,67)(H4,48,49,52)(H4,50,51,53)/t25-,29-,30-,31-,32-,33+,34-,35-,36-/m0/s1. The molecule has 0 aliphatic rings. The van der Waals surface area contributed by atoms with E-state index in [1.165, 1.54) is 19.1 Å². The third kappa shape index (κ3) is 24.6. The van der Waals surface area contributed by atoms with E-state index in [-0.39, 0.29) is 86.7 Å². The molecule has 25 nitrogen and oxygen atoms in total. The van der Waals surface area contributed by atoms with Crippen LogP contribution in [0.5, 0.6) is 5.75 Å². The summed E-state index contributed by atoms with van der Waals surface area (Å²) in [4.78, 5) is 129. The molecule has 0 bridgehead atoms. The Morgan fingerprint density at radius 2 is 0.945 bits per heavy atom. The van der Waals surface area contributed by atoms with E-state index in [9.17, 15) is 48.3 Å². The summed E-state index contributed by atoms with van der Waals surface area (Å²) >= 11 is 8.44. The first-order valence-electron chi connectivity index (χ1n) is 24.0. The summed E-state index contributed by atoms with van der Waals surface area (Å²) in [6.45, 7) is 11.9. The molecule has 0 saturated heterocycles. The van der Waals surface area contributed by atoms with Gasteiger partial charge in [0, 0.05) is 37.9 Å². The van der Waals surface area contributed by atoms with E-state index in [2.05, 4.69) is 77.8 Å².